The predicted molar refractivity (Wildman–Crippen MR) is 94.2 cm³/mol. The zero-order valence-corrected chi connectivity index (χ0v) is 14.3. The van der Waals surface area contributed by atoms with Crippen molar-refractivity contribution in [3.63, 3.8) is 0 Å². The lowest BCUT2D eigenvalue weighted by Gasteiger charge is -2.24. The first-order valence-electron chi connectivity index (χ1n) is 9.28. The van der Waals surface area contributed by atoms with Crippen LogP contribution in [0.4, 0.5) is 0 Å². The number of piperidine rings is 1. The van der Waals surface area contributed by atoms with Gasteiger partial charge in [0.1, 0.15) is 0 Å². The number of nitrogens with one attached hydrogen (secondary N) is 2. The average Bonchev–Trinajstić information content (AvgIpc) is 3.27. The smallest absolute Gasteiger partial charge is 0.223 e. The van der Waals surface area contributed by atoms with Crippen molar-refractivity contribution in [3.05, 3.63) is 35.9 Å². The molecule has 1 aliphatic carbocycles. The molecule has 3 rings (SSSR count). The summed E-state index contributed by atoms with van der Waals surface area (Å²) in [4.78, 5) is 12.6. The van der Waals surface area contributed by atoms with Crippen LogP contribution in [0.5, 0.6) is 0 Å². The highest BCUT2D eigenvalue weighted by atomic mass is 16.2. The third-order valence-corrected chi connectivity index (χ3v) is 5.71. The third-order valence-electron chi connectivity index (χ3n) is 5.71. The van der Waals surface area contributed by atoms with Crippen molar-refractivity contribution in [1.29, 1.82) is 0 Å². The third kappa shape index (κ3) is 4.14. The average molecular weight is 314 g/mol. The number of carbonyl (C=O) groups is 1. The summed E-state index contributed by atoms with van der Waals surface area (Å²) < 4.78 is 0. The molecule has 0 radical (unpaired) electrons. The molecule has 3 heteroatoms. The molecule has 1 saturated carbocycles. The maximum Gasteiger partial charge on any atom is 0.223 e. The van der Waals surface area contributed by atoms with Gasteiger partial charge in [-0.2, -0.15) is 0 Å². The second kappa shape index (κ2) is 7.48. The van der Waals surface area contributed by atoms with E-state index in [4.69, 9.17) is 0 Å². The Morgan fingerprint density at radius 1 is 1.26 bits per heavy atom. The maximum absolute atomic E-state index is 12.6. The van der Waals surface area contributed by atoms with Gasteiger partial charge in [-0.1, -0.05) is 43.7 Å². The van der Waals surface area contributed by atoms with Gasteiger partial charge in [-0.3, -0.25) is 4.79 Å². The second-order valence-electron chi connectivity index (χ2n) is 7.39. The van der Waals surface area contributed by atoms with Crippen molar-refractivity contribution in [3.8, 4) is 0 Å². The lowest BCUT2D eigenvalue weighted by Crippen LogP contribution is -2.39. The Kier molecular flexibility index (Phi) is 5.37. The molecule has 1 amide bonds. The molecule has 126 valence electrons. The molecule has 1 heterocycles. The van der Waals surface area contributed by atoms with Crippen LogP contribution in [-0.2, 0) is 11.2 Å². The minimum absolute atomic E-state index is 0.278. The van der Waals surface area contributed by atoms with Gasteiger partial charge in [0, 0.05) is 12.0 Å². The van der Waals surface area contributed by atoms with E-state index < -0.39 is 0 Å². The van der Waals surface area contributed by atoms with Crippen molar-refractivity contribution in [2.45, 2.75) is 57.9 Å². The Labute approximate surface area is 140 Å². The molecule has 2 atom stereocenters. The highest BCUT2D eigenvalue weighted by Crippen LogP contribution is 2.58. The Hall–Kier alpha value is -1.35. The molecule has 0 bridgehead atoms. The van der Waals surface area contributed by atoms with Crippen molar-refractivity contribution < 1.29 is 4.79 Å². The number of hydrogen-bond acceptors (Lipinski definition) is 2. The molecule has 2 N–H and O–H groups in total. The Bertz CT molecular complexity index is 508. The van der Waals surface area contributed by atoms with E-state index in [1.54, 1.807) is 0 Å². The van der Waals surface area contributed by atoms with E-state index in [2.05, 4.69) is 47.9 Å². The maximum atomic E-state index is 12.6. The molecule has 1 aromatic carbocycles. The van der Waals surface area contributed by atoms with Gasteiger partial charge in [0.05, 0.1) is 0 Å². The van der Waals surface area contributed by atoms with Crippen molar-refractivity contribution in [2.24, 2.45) is 11.3 Å². The summed E-state index contributed by atoms with van der Waals surface area (Å²) in [7, 11) is 0. The van der Waals surface area contributed by atoms with Crippen molar-refractivity contribution in [2.75, 3.05) is 13.1 Å². The van der Waals surface area contributed by atoms with Gasteiger partial charge in [0.2, 0.25) is 5.91 Å². The molecule has 2 aliphatic rings. The summed E-state index contributed by atoms with van der Waals surface area (Å²) in [6.07, 6.45) is 7.76. The molecular formula is C20H30N2O. The van der Waals surface area contributed by atoms with Crippen LogP contribution >= 0.6 is 0 Å². The van der Waals surface area contributed by atoms with E-state index in [9.17, 15) is 4.79 Å². The minimum atomic E-state index is 0.278. The number of hydrogen-bond donors (Lipinski definition) is 2. The first-order valence-corrected chi connectivity index (χ1v) is 9.28. The normalized spacial score (nSPS) is 23.4. The van der Waals surface area contributed by atoms with Gasteiger partial charge >= 0.3 is 0 Å². The zero-order chi connectivity index (χ0) is 16.1. The van der Waals surface area contributed by atoms with Crippen LogP contribution in [0.25, 0.3) is 0 Å². The number of carbonyl (C=O) groups excluding carboxylic acids is 1. The lowest BCUT2D eigenvalue weighted by atomic mass is 9.91. The van der Waals surface area contributed by atoms with E-state index in [1.807, 2.05) is 0 Å². The van der Waals surface area contributed by atoms with Crippen molar-refractivity contribution >= 4 is 5.91 Å². The second-order valence-corrected chi connectivity index (χ2v) is 7.39. The standard InChI is InChI=1S/C20H30N2O/c1-2-6-17(10-9-16-7-4-3-5-8-16)22-19(23)18-15-20(18)11-13-21-14-12-20/h3-5,7-8,17-18,21H,2,6,9-15H2,1H3,(H,22,23)/t17-,18-/m1/s1. The van der Waals surface area contributed by atoms with Crippen molar-refractivity contribution in [1.82, 2.24) is 10.6 Å². The van der Waals surface area contributed by atoms with Crippen LogP contribution in [0.3, 0.4) is 0 Å². The SMILES string of the molecule is CCC[C@H](CCc1ccccc1)NC(=O)[C@H]1CC12CCNCC2. The first-order chi connectivity index (χ1) is 11.2. The van der Waals surface area contributed by atoms with Gasteiger partial charge < -0.3 is 10.6 Å². The molecule has 1 aliphatic heterocycles. The quantitative estimate of drug-likeness (QED) is 0.811. The van der Waals surface area contributed by atoms with Crippen LogP contribution in [0, 0.1) is 11.3 Å². The van der Waals surface area contributed by atoms with Gasteiger partial charge in [-0.05, 0) is 62.6 Å². The van der Waals surface area contributed by atoms with E-state index >= 15 is 0 Å². The molecule has 1 spiro atoms. The summed E-state index contributed by atoms with van der Waals surface area (Å²) >= 11 is 0. The Morgan fingerprint density at radius 3 is 2.70 bits per heavy atom. The highest BCUT2D eigenvalue weighted by molar-refractivity contribution is 5.82. The Morgan fingerprint density at radius 2 is 2.00 bits per heavy atom. The van der Waals surface area contributed by atoms with Gasteiger partial charge in [0.25, 0.3) is 0 Å². The highest BCUT2D eigenvalue weighted by Gasteiger charge is 2.57. The number of benzene rings is 1. The molecule has 1 aromatic rings. The summed E-state index contributed by atoms with van der Waals surface area (Å²) in [5.74, 6) is 0.596. The predicted octanol–water partition coefficient (Wildman–Crippen LogP) is 3.29. The number of rotatable bonds is 7. The topological polar surface area (TPSA) is 41.1 Å². The zero-order valence-electron chi connectivity index (χ0n) is 14.3. The van der Waals surface area contributed by atoms with Gasteiger partial charge in [-0.25, -0.2) is 0 Å². The fourth-order valence-corrected chi connectivity index (χ4v) is 4.12. The number of aryl methyl sites for hydroxylation is 1. The van der Waals surface area contributed by atoms with Crippen LogP contribution in [0.1, 0.15) is 51.0 Å². The molecular weight excluding hydrogens is 284 g/mol. The monoisotopic (exact) mass is 314 g/mol. The molecule has 23 heavy (non-hydrogen) atoms. The summed E-state index contributed by atoms with van der Waals surface area (Å²) in [6, 6.07) is 10.9. The molecule has 0 aromatic heterocycles. The summed E-state index contributed by atoms with van der Waals surface area (Å²) in [5.41, 5.74) is 1.70. The van der Waals surface area contributed by atoms with E-state index in [-0.39, 0.29) is 5.92 Å². The molecule has 0 unspecified atom stereocenters. The summed E-state index contributed by atoms with van der Waals surface area (Å²) in [5, 5.41) is 6.77. The largest absolute Gasteiger partial charge is 0.353 e. The van der Waals surface area contributed by atoms with E-state index in [0.717, 1.165) is 45.2 Å². The lowest BCUT2D eigenvalue weighted by molar-refractivity contribution is -0.124. The fraction of sp³-hybridized carbons (Fsp3) is 0.650. The molecule has 1 saturated heterocycles. The first kappa shape index (κ1) is 16.5. The van der Waals surface area contributed by atoms with Crippen LogP contribution in [0.2, 0.25) is 0 Å². The Balaban J connectivity index is 1.50. The van der Waals surface area contributed by atoms with Gasteiger partial charge in [0.15, 0.2) is 0 Å². The molecule has 2 fully saturated rings. The van der Waals surface area contributed by atoms with Gasteiger partial charge in [-0.15, -0.1) is 0 Å². The fourth-order valence-electron chi connectivity index (χ4n) is 4.12. The summed E-state index contributed by atoms with van der Waals surface area (Å²) in [6.45, 7) is 4.36. The van der Waals surface area contributed by atoms with Crippen LogP contribution in [0.15, 0.2) is 30.3 Å². The number of amides is 1. The minimum Gasteiger partial charge on any atom is -0.353 e. The van der Waals surface area contributed by atoms with Crippen LogP contribution in [-0.4, -0.2) is 25.0 Å². The van der Waals surface area contributed by atoms with E-state index in [0.29, 0.717) is 17.4 Å². The van der Waals surface area contributed by atoms with Crippen LogP contribution < -0.4 is 10.6 Å². The molecule has 3 nitrogen and oxygen atoms in total. The van der Waals surface area contributed by atoms with E-state index in [1.165, 1.54) is 18.4 Å².